The highest BCUT2D eigenvalue weighted by Crippen LogP contribution is 2.21. The Bertz CT molecular complexity index is 384. The van der Waals surface area contributed by atoms with Gasteiger partial charge < -0.3 is 10.4 Å². The number of aliphatic hydroxyl groups excluding tert-OH is 1. The lowest BCUT2D eigenvalue weighted by atomic mass is 10.2. The van der Waals surface area contributed by atoms with Crippen LogP contribution in [-0.4, -0.2) is 29.9 Å². The van der Waals surface area contributed by atoms with Crippen molar-refractivity contribution in [3.05, 3.63) is 29.3 Å². The number of aliphatic hydroxyl groups is 1. The Kier molecular flexibility index (Phi) is 9.54. The average Bonchev–Trinajstić information content (AvgIpc) is 2.45. The third-order valence-corrected chi connectivity index (χ3v) is 4.14. The second kappa shape index (κ2) is 11.0. The molecule has 0 spiro atoms. The number of nitrogens with one attached hydrogen (secondary N) is 1. The molecule has 1 aromatic rings. The van der Waals surface area contributed by atoms with E-state index in [2.05, 4.69) is 5.32 Å². The maximum Gasteiger partial charge on any atom is 0.220 e. The van der Waals surface area contributed by atoms with Gasteiger partial charge in [0.2, 0.25) is 5.91 Å². The molecule has 0 atom stereocenters. The monoisotopic (exact) mass is 315 g/mol. The number of hydrogen-bond acceptors (Lipinski definition) is 3. The molecule has 1 amide bonds. The zero-order chi connectivity index (χ0) is 14.6. The molecular formula is C15H22ClNO2S. The summed E-state index contributed by atoms with van der Waals surface area (Å²) in [5, 5.41) is 12.3. The van der Waals surface area contributed by atoms with Crippen LogP contribution < -0.4 is 5.32 Å². The fourth-order valence-electron chi connectivity index (χ4n) is 1.68. The van der Waals surface area contributed by atoms with Crippen molar-refractivity contribution in [1.29, 1.82) is 0 Å². The van der Waals surface area contributed by atoms with Gasteiger partial charge in [0.15, 0.2) is 0 Å². The van der Waals surface area contributed by atoms with Gasteiger partial charge in [0, 0.05) is 29.5 Å². The second-order valence-electron chi connectivity index (χ2n) is 4.54. The molecule has 0 radical (unpaired) electrons. The largest absolute Gasteiger partial charge is 0.396 e. The molecule has 20 heavy (non-hydrogen) atoms. The number of hydrogen-bond donors (Lipinski definition) is 2. The molecule has 0 saturated heterocycles. The summed E-state index contributed by atoms with van der Waals surface area (Å²) in [6.45, 7) is 0.943. The standard InChI is InChI=1S/C15H22ClNO2S/c16-13-6-8-14(9-7-13)20-12-4-5-15(19)17-10-2-1-3-11-18/h6-9,18H,1-5,10-12H2,(H,17,19). The molecule has 5 heteroatoms. The Labute approximate surface area is 130 Å². The first-order chi connectivity index (χ1) is 9.72. The maximum absolute atomic E-state index is 11.5. The minimum Gasteiger partial charge on any atom is -0.396 e. The normalized spacial score (nSPS) is 10.5. The average molecular weight is 316 g/mol. The highest BCUT2D eigenvalue weighted by molar-refractivity contribution is 7.99. The summed E-state index contributed by atoms with van der Waals surface area (Å²) in [7, 11) is 0. The summed E-state index contributed by atoms with van der Waals surface area (Å²) in [6.07, 6.45) is 4.15. The third-order valence-electron chi connectivity index (χ3n) is 2.79. The van der Waals surface area contributed by atoms with Crippen LogP contribution in [0.15, 0.2) is 29.2 Å². The predicted octanol–water partition coefficient (Wildman–Crippen LogP) is 3.49. The lowest BCUT2D eigenvalue weighted by Crippen LogP contribution is -2.24. The smallest absolute Gasteiger partial charge is 0.220 e. The van der Waals surface area contributed by atoms with Crippen molar-refractivity contribution in [2.75, 3.05) is 18.9 Å². The Morgan fingerprint density at radius 2 is 1.90 bits per heavy atom. The van der Waals surface area contributed by atoms with Crippen LogP contribution in [0.4, 0.5) is 0 Å². The summed E-state index contributed by atoms with van der Waals surface area (Å²) in [5.74, 6) is 1.05. The number of unbranched alkanes of at least 4 members (excludes halogenated alkanes) is 2. The molecule has 0 saturated carbocycles. The molecule has 0 unspecified atom stereocenters. The number of carbonyl (C=O) groups excluding carboxylic acids is 1. The van der Waals surface area contributed by atoms with Crippen molar-refractivity contribution in [3.63, 3.8) is 0 Å². The van der Waals surface area contributed by atoms with Gasteiger partial charge in [-0.25, -0.2) is 0 Å². The van der Waals surface area contributed by atoms with Gasteiger partial charge >= 0.3 is 0 Å². The number of halogens is 1. The molecule has 1 rings (SSSR count). The molecule has 1 aromatic carbocycles. The van der Waals surface area contributed by atoms with E-state index < -0.39 is 0 Å². The second-order valence-corrected chi connectivity index (χ2v) is 6.14. The first kappa shape index (κ1) is 17.3. The fourth-order valence-corrected chi connectivity index (χ4v) is 2.66. The van der Waals surface area contributed by atoms with Crippen LogP contribution in [0.1, 0.15) is 32.1 Å². The highest BCUT2D eigenvalue weighted by Gasteiger charge is 2.01. The fraction of sp³-hybridized carbons (Fsp3) is 0.533. The number of benzene rings is 1. The molecule has 0 aromatic heterocycles. The zero-order valence-electron chi connectivity index (χ0n) is 11.6. The van der Waals surface area contributed by atoms with Gasteiger partial charge in [-0.05, 0) is 55.7 Å². The number of carbonyl (C=O) groups is 1. The third kappa shape index (κ3) is 8.46. The van der Waals surface area contributed by atoms with Crippen LogP contribution in [0.3, 0.4) is 0 Å². The van der Waals surface area contributed by atoms with Gasteiger partial charge in [-0.1, -0.05) is 11.6 Å². The van der Waals surface area contributed by atoms with Gasteiger partial charge in [-0.2, -0.15) is 0 Å². The van der Waals surface area contributed by atoms with Crippen molar-refractivity contribution in [3.8, 4) is 0 Å². The molecule has 2 N–H and O–H groups in total. The molecular weight excluding hydrogens is 294 g/mol. The van der Waals surface area contributed by atoms with Crippen LogP contribution in [0.5, 0.6) is 0 Å². The molecule has 0 bridgehead atoms. The van der Waals surface area contributed by atoms with E-state index >= 15 is 0 Å². The van der Waals surface area contributed by atoms with E-state index in [4.69, 9.17) is 16.7 Å². The predicted molar refractivity (Wildman–Crippen MR) is 85.4 cm³/mol. The summed E-state index contributed by atoms with van der Waals surface area (Å²) in [6, 6.07) is 7.74. The summed E-state index contributed by atoms with van der Waals surface area (Å²) in [5.41, 5.74) is 0. The van der Waals surface area contributed by atoms with E-state index in [-0.39, 0.29) is 12.5 Å². The van der Waals surface area contributed by atoms with Crippen LogP contribution in [0.2, 0.25) is 5.02 Å². The topological polar surface area (TPSA) is 49.3 Å². The SMILES string of the molecule is O=C(CCCSc1ccc(Cl)cc1)NCCCCCO. The van der Waals surface area contributed by atoms with Gasteiger partial charge in [0.25, 0.3) is 0 Å². The minimum absolute atomic E-state index is 0.116. The summed E-state index contributed by atoms with van der Waals surface area (Å²) < 4.78 is 0. The lowest BCUT2D eigenvalue weighted by Gasteiger charge is -2.05. The van der Waals surface area contributed by atoms with Gasteiger partial charge in [-0.3, -0.25) is 4.79 Å². The Hall–Kier alpha value is -0.710. The first-order valence-corrected chi connectivity index (χ1v) is 8.34. The molecule has 0 aliphatic carbocycles. The molecule has 0 heterocycles. The van der Waals surface area contributed by atoms with Crippen LogP contribution >= 0.6 is 23.4 Å². The Balaban J connectivity index is 2.00. The highest BCUT2D eigenvalue weighted by atomic mass is 35.5. The number of amides is 1. The maximum atomic E-state index is 11.5. The Morgan fingerprint density at radius 1 is 1.15 bits per heavy atom. The number of thioether (sulfide) groups is 1. The molecule has 3 nitrogen and oxygen atoms in total. The molecule has 0 fully saturated rings. The van der Waals surface area contributed by atoms with Gasteiger partial charge in [0.05, 0.1) is 0 Å². The van der Waals surface area contributed by atoms with Crippen molar-refractivity contribution in [1.82, 2.24) is 5.32 Å². The first-order valence-electron chi connectivity index (χ1n) is 6.98. The summed E-state index contributed by atoms with van der Waals surface area (Å²) >= 11 is 7.56. The van der Waals surface area contributed by atoms with E-state index in [1.807, 2.05) is 24.3 Å². The van der Waals surface area contributed by atoms with Crippen LogP contribution in [-0.2, 0) is 4.79 Å². The minimum atomic E-state index is 0.116. The zero-order valence-corrected chi connectivity index (χ0v) is 13.2. The van der Waals surface area contributed by atoms with Crippen molar-refractivity contribution < 1.29 is 9.90 Å². The van der Waals surface area contributed by atoms with Gasteiger partial charge in [-0.15, -0.1) is 11.8 Å². The van der Waals surface area contributed by atoms with Crippen molar-refractivity contribution >= 4 is 29.3 Å². The van der Waals surface area contributed by atoms with E-state index in [1.165, 1.54) is 4.90 Å². The van der Waals surface area contributed by atoms with Crippen molar-refractivity contribution in [2.45, 2.75) is 37.0 Å². The summed E-state index contributed by atoms with van der Waals surface area (Å²) in [4.78, 5) is 12.7. The van der Waals surface area contributed by atoms with E-state index in [0.29, 0.717) is 13.0 Å². The quantitative estimate of drug-likeness (QED) is 0.513. The van der Waals surface area contributed by atoms with Crippen LogP contribution in [0.25, 0.3) is 0 Å². The molecule has 0 aliphatic heterocycles. The molecule has 112 valence electrons. The lowest BCUT2D eigenvalue weighted by molar-refractivity contribution is -0.121. The van der Waals surface area contributed by atoms with E-state index in [1.54, 1.807) is 11.8 Å². The Morgan fingerprint density at radius 3 is 2.60 bits per heavy atom. The van der Waals surface area contributed by atoms with Crippen LogP contribution in [0, 0.1) is 0 Å². The molecule has 0 aliphatic rings. The van der Waals surface area contributed by atoms with Crippen molar-refractivity contribution in [2.24, 2.45) is 0 Å². The number of rotatable bonds is 10. The van der Waals surface area contributed by atoms with E-state index in [0.717, 1.165) is 36.5 Å². The van der Waals surface area contributed by atoms with E-state index in [9.17, 15) is 4.79 Å². The van der Waals surface area contributed by atoms with Gasteiger partial charge in [0.1, 0.15) is 0 Å².